The van der Waals surface area contributed by atoms with Crippen LogP contribution in [0.4, 0.5) is 0 Å². The molecular formula is C16H20N2O3. The molecule has 1 aromatic rings. The van der Waals surface area contributed by atoms with Crippen molar-refractivity contribution in [3.05, 3.63) is 29.3 Å². The highest BCUT2D eigenvalue weighted by molar-refractivity contribution is 5.77. The second kappa shape index (κ2) is 5.00. The third kappa shape index (κ3) is 2.51. The van der Waals surface area contributed by atoms with Gasteiger partial charge in [0.05, 0.1) is 13.2 Å². The lowest BCUT2D eigenvalue weighted by Gasteiger charge is -2.49. The zero-order chi connectivity index (χ0) is 14.3. The molecule has 1 spiro atoms. The van der Waals surface area contributed by atoms with Crippen LogP contribution in [0.2, 0.25) is 0 Å². The molecule has 1 amide bonds. The summed E-state index contributed by atoms with van der Waals surface area (Å²) in [5.41, 5.74) is 2.78. The first-order valence-electron chi connectivity index (χ1n) is 7.54. The van der Waals surface area contributed by atoms with E-state index >= 15 is 0 Å². The summed E-state index contributed by atoms with van der Waals surface area (Å²) in [6.07, 6.45) is 1.02. The maximum absolute atomic E-state index is 11.3. The monoisotopic (exact) mass is 288 g/mol. The number of nitrogens with zero attached hydrogens (tertiary/aromatic N) is 1. The Labute approximate surface area is 124 Å². The van der Waals surface area contributed by atoms with Crippen LogP contribution in [0, 0.1) is 5.41 Å². The first-order chi connectivity index (χ1) is 10.2. The first kappa shape index (κ1) is 13.1. The molecule has 0 radical (unpaired) electrons. The normalized spacial score (nSPS) is 23.9. The van der Waals surface area contributed by atoms with Crippen LogP contribution in [0.5, 0.6) is 5.75 Å². The number of ether oxygens (including phenoxy) is 2. The lowest BCUT2D eigenvalue weighted by atomic mass is 9.80. The van der Waals surface area contributed by atoms with E-state index in [0.29, 0.717) is 6.61 Å². The van der Waals surface area contributed by atoms with Crippen molar-refractivity contribution < 1.29 is 14.3 Å². The molecule has 5 heteroatoms. The van der Waals surface area contributed by atoms with E-state index in [2.05, 4.69) is 28.4 Å². The number of carbonyl (C=O) groups excluding carboxylic acids is 1. The van der Waals surface area contributed by atoms with Crippen LogP contribution in [-0.2, 0) is 22.5 Å². The number of hydrogen-bond donors (Lipinski definition) is 1. The van der Waals surface area contributed by atoms with Crippen LogP contribution in [0.1, 0.15) is 11.1 Å². The summed E-state index contributed by atoms with van der Waals surface area (Å²) >= 11 is 0. The van der Waals surface area contributed by atoms with Gasteiger partial charge in [0.2, 0.25) is 5.91 Å². The maximum Gasteiger partial charge on any atom is 0.246 e. The van der Waals surface area contributed by atoms with Crippen molar-refractivity contribution in [2.75, 3.05) is 39.5 Å². The Hall–Kier alpha value is -1.59. The van der Waals surface area contributed by atoms with Gasteiger partial charge in [0.15, 0.2) is 0 Å². The minimum atomic E-state index is 0.00365. The van der Waals surface area contributed by atoms with Gasteiger partial charge in [-0.3, -0.25) is 9.69 Å². The third-order valence-corrected chi connectivity index (χ3v) is 4.58. The van der Waals surface area contributed by atoms with Crippen LogP contribution in [0.3, 0.4) is 0 Å². The van der Waals surface area contributed by atoms with Crippen molar-refractivity contribution in [3.63, 3.8) is 0 Å². The van der Waals surface area contributed by atoms with E-state index in [9.17, 15) is 4.79 Å². The van der Waals surface area contributed by atoms with E-state index in [0.717, 1.165) is 45.0 Å². The van der Waals surface area contributed by atoms with Crippen LogP contribution in [0.15, 0.2) is 18.2 Å². The van der Waals surface area contributed by atoms with Gasteiger partial charge in [0.25, 0.3) is 0 Å². The molecule has 0 unspecified atom stereocenters. The molecule has 112 valence electrons. The Morgan fingerprint density at radius 1 is 1.33 bits per heavy atom. The summed E-state index contributed by atoms with van der Waals surface area (Å²) in [4.78, 5) is 13.7. The highest BCUT2D eigenvalue weighted by Crippen LogP contribution is 2.33. The van der Waals surface area contributed by atoms with Gasteiger partial charge in [0, 0.05) is 38.0 Å². The fraction of sp³-hybridized carbons (Fsp3) is 0.562. The molecule has 4 rings (SSSR count). The molecule has 0 atom stereocenters. The molecule has 3 heterocycles. The number of amides is 1. The Morgan fingerprint density at radius 2 is 2.24 bits per heavy atom. The van der Waals surface area contributed by atoms with Gasteiger partial charge in [-0.15, -0.1) is 0 Å². The molecule has 2 saturated heterocycles. The molecule has 3 aliphatic heterocycles. The fourth-order valence-corrected chi connectivity index (χ4v) is 3.56. The largest absolute Gasteiger partial charge is 0.493 e. The fourth-order valence-electron chi connectivity index (χ4n) is 3.56. The van der Waals surface area contributed by atoms with E-state index in [4.69, 9.17) is 9.47 Å². The van der Waals surface area contributed by atoms with Crippen LogP contribution in [0.25, 0.3) is 0 Å². The average molecular weight is 288 g/mol. The van der Waals surface area contributed by atoms with Gasteiger partial charge in [-0.2, -0.15) is 0 Å². The first-order valence-corrected chi connectivity index (χ1v) is 7.54. The van der Waals surface area contributed by atoms with Gasteiger partial charge < -0.3 is 14.8 Å². The number of rotatable bonds is 2. The lowest BCUT2D eigenvalue weighted by molar-refractivity contribution is -0.124. The van der Waals surface area contributed by atoms with Crippen LogP contribution >= 0.6 is 0 Å². The number of hydrogen-bond acceptors (Lipinski definition) is 4. The summed E-state index contributed by atoms with van der Waals surface area (Å²) in [5, 5.41) is 2.95. The van der Waals surface area contributed by atoms with Gasteiger partial charge in [-0.1, -0.05) is 12.1 Å². The molecule has 1 aromatic carbocycles. The second-order valence-corrected chi connectivity index (χ2v) is 6.46. The van der Waals surface area contributed by atoms with E-state index < -0.39 is 0 Å². The molecule has 0 aliphatic carbocycles. The zero-order valence-corrected chi connectivity index (χ0v) is 12.1. The molecule has 0 bridgehead atoms. The van der Waals surface area contributed by atoms with Gasteiger partial charge >= 0.3 is 0 Å². The lowest BCUT2D eigenvalue weighted by Crippen LogP contribution is -2.61. The molecule has 1 N–H and O–H groups in total. The zero-order valence-electron chi connectivity index (χ0n) is 12.1. The van der Waals surface area contributed by atoms with Crippen molar-refractivity contribution in [2.24, 2.45) is 5.41 Å². The number of nitrogens with one attached hydrogen (secondary N) is 1. The van der Waals surface area contributed by atoms with Crippen LogP contribution in [-0.4, -0.2) is 50.3 Å². The van der Waals surface area contributed by atoms with Gasteiger partial charge in [-0.05, 0) is 17.2 Å². The predicted octanol–water partition coefficient (Wildman–Crippen LogP) is 0.570. The minimum Gasteiger partial charge on any atom is -0.493 e. The molecule has 21 heavy (non-hydrogen) atoms. The third-order valence-electron chi connectivity index (χ3n) is 4.58. The molecule has 2 fully saturated rings. The summed E-state index contributed by atoms with van der Waals surface area (Å²) in [5.74, 6) is 1.04. The Bertz CT molecular complexity index is 567. The number of benzene rings is 1. The highest BCUT2D eigenvalue weighted by Gasteiger charge is 2.44. The Morgan fingerprint density at radius 3 is 3.14 bits per heavy atom. The minimum absolute atomic E-state index is 0.00365. The predicted molar refractivity (Wildman–Crippen MR) is 77.2 cm³/mol. The highest BCUT2D eigenvalue weighted by atomic mass is 16.5. The molecule has 0 aromatic heterocycles. The van der Waals surface area contributed by atoms with E-state index in [1.165, 1.54) is 11.1 Å². The molecule has 5 nitrogen and oxygen atoms in total. The average Bonchev–Trinajstić information content (AvgIpc) is 2.81. The van der Waals surface area contributed by atoms with Crippen molar-refractivity contribution >= 4 is 5.91 Å². The molecule has 3 aliphatic rings. The smallest absolute Gasteiger partial charge is 0.246 e. The van der Waals surface area contributed by atoms with E-state index in [-0.39, 0.29) is 17.9 Å². The number of likely N-dealkylation sites (tertiary alicyclic amines) is 1. The summed E-state index contributed by atoms with van der Waals surface area (Å²) in [6.45, 7) is 5.36. The van der Waals surface area contributed by atoms with Crippen molar-refractivity contribution in [1.82, 2.24) is 10.2 Å². The second-order valence-electron chi connectivity index (χ2n) is 6.46. The summed E-state index contributed by atoms with van der Waals surface area (Å²) in [7, 11) is 0. The van der Waals surface area contributed by atoms with Crippen molar-refractivity contribution in [3.8, 4) is 5.75 Å². The van der Waals surface area contributed by atoms with E-state index in [1.807, 2.05) is 0 Å². The summed E-state index contributed by atoms with van der Waals surface area (Å²) in [6, 6.07) is 6.50. The quantitative estimate of drug-likeness (QED) is 0.864. The van der Waals surface area contributed by atoms with Crippen LogP contribution < -0.4 is 10.1 Å². The standard InChI is InChI=1S/C16H20N2O3/c19-15-7-20-11-16(8-17-15)9-18(10-16)6-12-1-2-14-13(5-12)3-4-21-14/h1-2,5H,3-4,6-11H2,(H,17,19). The molecular weight excluding hydrogens is 268 g/mol. The van der Waals surface area contributed by atoms with E-state index in [1.54, 1.807) is 0 Å². The Kier molecular flexibility index (Phi) is 3.12. The Balaban J connectivity index is 1.36. The van der Waals surface area contributed by atoms with Gasteiger partial charge in [0.1, 0.15) is 12.4 Å². The molecule has 0 saturated carbocycles. The number of carbonyl (C=O) groups is 1. The summed E-state index contributed by atoms with van der Waals surface area (Å²) < 4.78 is 11.0. The van der Waals surface area contributed by atoms with Crippen molar-refractivity contribution in [1.29, 1.82) is 0 Å². The topological polar surface area (TPSA) is 50.8 Å². The maximum atomic E-state index is 11.3. The number of fused-ring (bicyclic) bond motifs is 1. The van der Waals surface area contributed by atoms with Crippen molar-refractivity contribution in [2.45, 2.75) is 13.0 Å². The SMILES string of the molecule is O=C1COCC2(CN1)CN(Cc1ccc3c(c1)CCO3)C2. The van der Waals surface area contributed by atoms with Gasteiger partial charge in [-0.25, -0.2) is 0 Å².